The van der Waals surface area contributed by atoms with Crippen molar-refractivity contribution in [3.63, 3.8) is 0 Å². The second-order valence-corrected chi connectivity index (χ2v) is 7.14. The van der Waals surface area contributed by atoms with Crippen LogP contribution in [0.2, 0.25) is 0 Å². The van der Waals surface area contributed by atoms with Gasteiger partial charge in [-0.25, -0.2) is 4.79 Å². The number of imide groups is 1. The summed E-state index contributed by atoms with van der Waals surface area (Å²) in [5.41, 5.74) is 5.11. The first-order valence-electron chi connectivity index (χ1n) is 9.10. The molecule has 3 rings (SSSR count). The molecule has 1 spiro atoms. The highest BCUT2D eigenvalue weighted by molar-refractivity contribution is 6.09. The van der Waals surface area contributed by atoms with Gasteiger partial charge in [0.1, 0.15) is 18.1 Å². The van der Waals surface area contributed by atoms with Crippen LogP contribution in [0, 0.1) is 0 Å². The summed E-state index contributed by atoms with van der Waals surface area (Å²) in [6.07, 6.45) is 4.01. The van der Waals surface area contributed by atoms with Gasteiger partial charge in [0.15, 0.2) is 0 Å². The molecule has 3 N–H and O–H groups in total. The number of carbonyl (C=O) groups is 4. The third-order valence-electron chi connectivity index (χ3n) is 5.51. The Hall–Kier alpha value is -2.90. The number of hydrogen-bond acceptors (Lipinski definition) is 4. The minimum absolute atomic E-state index is 0.333. The number of nitrogens with one attached hydrogen (secondary N) is 1. The van der Waals surface area contributed by atoms with Crippen LogP contribution in [0.15, 0.2) is 30.3 Å². The van der Waals surface area contributed by atoms with E-state index in [2.05, 4.69) is 5.32 Å². The van der Waals surface area contributed by atoms with E-state index in [9.17, 15) is 19.2 Å². The number of benzene rings is 1. The fourth-order valence-electron chi connectivity index (χ4n) is 3.99. The lowest BCUT2D eigenvalue weighted by molar-refractivity contribution is -0.137. The SMILES string of the molecule is CN1C(=O)N(CC(=O)N[C@H](C(N)=O)c2ccccc2)C(=O)C12CCCCC2. The Labute approximate surface area is 157 Å². The highest BCUT2D eigenvalue weighted by atomic mass is 16.2. The van der Waals surface area contributed by atoms with E-state index >= 15 is 0 Å². The van der Waals surface area contributed by atoms with Gasteiger partial charge in [-0.2, -0.15) is 0 Å². The Morgan fingerprint density at radius 3 is 2.37 bits per heavy atom. The first-order chi connectivity index (χ1) is 12.9. The monoisotopic (exact) mass is 372 g/mol. The van der Waals surface area contributed by atoms with E-state index in [-0.39, 0.29) is 5.91 Å². The summed E-state index contributed by atoms with van der Waals surface area (Å²) in [6, 6.07) is 7.09. The van der Waals surface area contributed by atoms with Crippen LogP contribution in [0.3, 0.4) is 0 Å². The minimum Gasteiger partial charge on any atom is -0.368 e. The molecule has 2 fully saturated rings. The molecule has 1 aromatic rings. The van der Waals surface area contributed by atoms with E-state index in [1.165, 1.54) is 4.90 Å². The number of amides is 5. The van der Waals surface area contributed by atoms with Gasteiger partial charge in [-0.1, -0.05) is 49.6 Å². The molecule has 1 atom stereocenters. The van der Waals surface area contributed by atoms with Gasteiger partial charge in [0.05, 0.1) is 0 Å². The van der Waals surface area contributed by atoms with E-state index in [4.69, 9.17) is 5.73 Å². The van der Waals surface area contributed by atoms with Gasteiger partial charge in [-0.3, -0.25) is 19.3 Å². The average molecular weight is 372 g/mol. The molecule has 0 unspecified atom stereocenters. The standard InChI is InChI=1S/C19H24N4O4/c1-22-18(27)23(17(26)19(22)10-6-3-7-11-19)12-14(24)21-15(16(20)25)13-8-4-2-5-9-13/h2,4-5,8-9,15H,3,6-7,10-12H2,1H3,(H2,20,25)(H,21,24)/t15-/m0/s1. The van der Waals surface area contributed by atoms with Crippen molar-refractivity contribution < 1.29 is 19.2 Å². The molecule has 1 heterocycles. The summed E-state index contributed by atoms with van der Waals surface area (Å²) in [5.74, 6) is -1.65. The van der Waals surface area contributed by atoms with Crippen molar-refractivity contribution >= 4 is 23.8 Å². The highest BCUT2D eigenvalue weighted by Gasteiger charge is 2.55. The summed E-state index contributed by atoms with van der Waals surface area (Å²) < 4.78 is 0. The molecule has 2 aliphatic rings. The summed E-state index contributed by atoms with van der Waals surface area (Å²) >= 11 is 0. The molecule has 144 valence electrons. The van der Waals surface area contributed by atoms with Crippen LogP contribution in [0.25, 0.3) is 0 Å². The molecule has 0 bridgehead atoms. The minimum atomic E-state index is -1.02. The van der Waals surface area contributed by atoms with Crippen molar-refractivity contribution in [3.05, 3.63) is 35.9 Å². The average Bonchev–Trinajstić information content (AvgIpc) is 2.83. The van der Waals surface area contributed by atoms with E-state index < -0.39 is 36.0 Å². The lowest BCUT2D eigenvalue weighted by atomic mass is 9.81. The molecule has 1 saturated heterocycles. The molecule has 1 aromatic carbocycles. The van der Waals surface area contributed by atoms with Crippen LogP contribution in [0.1, 0.15) is 43.7 Å². The summed E-state index contributed by atoms with van der Waals surface area (Å²) in [5, 5.41) is 2.53. The van der Waals surface area contributed by atoms with E-state index in [0.717, 1.165) is 24.2 Å². The molecule has 0 aromatic heterocycles. The molecule has 27 heavy (non-hydrogen) atoms. The second kappa shape index (κ2) is 7.38. The van der Waals surface area contributed by atoms with Crippen LogP contribution < -0.4 is 11.1 Å². The van der Waals surface area contributed by atoms with E-state index in [1.807, 2.05) is 0 Å². The number of primary amides is 1. The lowest BCUT2D eigenvalue weighted by Crippen LogP contribution is -2.49. The maximum Gasteiger partial charge on any atom is 0.327 e. The van der Waals surface area contributed by atoms with Crippen LogP contribution >= 0.6 is 0 Å². The first-order valence-corrected chi connectivity index (χ1v) is 9.10. The van der Waals surface area contributed by atoms with Crippen LogP contribution in [-0.2, 0) is 14.4 Å². The second-order valence-electron chi connectivity index (χ2n) is 7.14. The number of urea groups is 1. The topological polar surface area (TPSA) is 113 Å². The van der Waals surface area contributed by atoms with Gasteiger partial charge in [0.25, 0.3) is 5.91 Å². The largest absolute Gasteiger partial charge is 0.368 e. The normalized spacial score (nSPS) is 20.0. The van der Waals surface area contributed by atoms with Crippen molar-refractivity contribution in [1.29, 1.82) is 0 Å². The zero-order valence-corrected chi connectivity index (χ0v) is 15.3. The van der Waals surface area contributed by atoms with Crippen LogP contribution in [-0.4, -0.2) is 52.7 Å². The quantitative estimate of drug-likeness (QED) is 0.749. The predicted octanol–water partition coefficient (Wildman–Crippen LogP) is 0.926. The molecular weight excluding hydrogens is 348 g/mol. The zero-order chi connectivity index (χ0) is 19.6. The van der Waals surface area contributed by atoms with Gasteiger partial charge in [-0.15, -0.1) is 0 Å². The Balaban J connectivity index is 1.72. The molecule has 8 nitrogen and oxygen atoms in total. The van der Waals surface area contributed by atoms with Gasteiger partial charge >= 0.3 is 6.03 Å². The van der Waals surface area contributed by atoms with Gasteiger partial charge in [0.2, 0.25) is 11.8 Å². The first kappa shape index (κ1) is 18.9. The van der Waals surface area contributed by atoms with Crippen molar-refractivity contribution in [2.75, 3.05) is 13.6 Å². The smallest absolute Gasteiger partial charge is 0.327 e. The molecule has 5 amide bonds. The Bertz CT molecular complexity index is 758. The third-order valence-corrected chi connectivity index (χ3v) is 5.51. The maximum atomic E-state index is 12.9. The molecule has 1 aliphatic carbocycles. The molecule has 1 saturated carbocycles. The van der Waals surface area contributed by atoms with E-state index in [1.54, 1.807) is 37.4 Å². The third kappa shape index (κ3) is 3.39. The number of nitrogens with zero attached hydrogens (tertiary/aromatic N) is 2. The van der Waals surface area contributed by atoms with Crippen LogP contribution in [0.5, 0.6) is 0 Å². The Morgan fingerprint density at radius 1 is 1.15 bits per heavy atom. The number of hydrogen-bond donors (Lipinski definition) is 2. The lowest BCUT2D eigenvalue weighted by Gasteiger charge is -2.35. The molecular formula is C19H24N4O4. The molecule has 8 heteroatoms. The van der Waals surface area contributed by atoms with Crippen molar-refractivity contribution in [2.45, 2.75) is 43.7 Å². The zero-order valence-electron chi connectivity index (χ0n) is 15.3. The number of likely N-dealkylation sites (N-methyl/N-ethyl adjacent to an activating group) is 1. The van der Waals surface area contributed by atoms with E-state index in [0.29, 0.717) is 18.4 Å². The molecule has 1 aliphatic heterocycles. The summed E-state index contributed by atoms with van der Waals surface area (Å²) in [7, 11) is 1.61. The van der Waals surface area contributed by atoms with Gasteiger partial charge < -0.3 is 16.0 Å². The molecule has 0 radical (unpaired) electrons. The number of carbonyl (C=O) groups excluding carboxylic acids is 4. The predicted molar refractivity (Wildman–Crippen MR) is 97.2 cm³/mol. The van der Waals surface area contributed by atoms with Crippen molar-refractivity contribution in [1.82, 2.24) is 15.1 Å². The fourth-order valence-corrected chi connectivity index (χ4v) is 3.99. The Morgan fingerprint density at radius 2 is 1.78 bits per heavy atom. The Kier molecular flexibility index (Phi) is 5.16. The summed E-state index contributed by atoms with van der Waals surface area (Å²) in [4.78, 5) is 52.2. The fraction of sp³-hybridized carbons (Fsp3) is 0.474. The van der Waals surface area contributed by atoms with Gasteiger partial charge in [0, 0.05) is 7.05 Å². The summed E-state index contributed by atoms with van der Waals surface area (Å²) in [6.45, 7) is -0.430. The number of rotatable bonds is 5. The number of nitrogens with two attached hydrogens (primary N) is 1. The highest BCUT2D eigenvalue weighted by Crippen LogP contribution is 2.39. The van der Waals surface area contributed by atoms with Crippen molar-refractivity contribution in [2.24, 2.45) is 5.73 Å². The van der Waals surface area contributed by atoms with Gasteiger partial charge in [-0.05, 0) is 18.4 Å². The van der Waals surface area contributed by atoms with Crippen LogP contribution in [0.4, 0.5) is 4.79 Å². The van der Waals surface area contributed by atoms with Crippen molar-refractivity contribution in [3.8, 4) is 0 Å². The maximum absolute atomic E-state index is 12.9.